The van der Waals surface area contributed by atoms with Crippen LogP contribution < -0.4 is 5.32 Å². The molecular formula is C18H16ClF3N2O4S. The number of ether oxygens (including phenoxy) is 1. The van der Waals surface area contributed by atoms with Crippen molar-refractivity contribution >= 4 is 33.2 Å². The third-order valence-corrected chi connectivity index (χ3v) is 6.46. The van der Waals surface area contributed by atoms with E-state index in [0.717, 1.165) is 6.07 Å². The zero-order valence-corrected chi connectivity index (χ0v) is 16.4. The minimum Gasteiger partial charge on any atom is -0.379 e. The van der Waals surface area contributed by atoms with Crippen LogP contribution in [-0.4, -0.2) is 44.9 Å². The van der Waals surface area contributed by atoms with Crippen LogP contribution in [0.25, 0.3) is 0 Å². The number of halogens is 4. The van der Waals surface area contributed by atoms with Crippen molar-refractivity contribution < 1.29 is 31.1 Å². The van der Waals surface area contributed by atoms with E-state index in [4.69, 9.17) is 16.3 Å². The van der Waals surface area contributed by atoms with Crippen LogP contribution >= 0.6 is 11.6 Å². The van der Waals surface area contributed by atoms with Crippen LogP contribution in [0.3, 0.4) is 0 Å². The molecule has 0 unspecified atom stereocenters. The molecular weight excluding hydrogens is 433 g/mol. The number of hydrogen-bond donors (Lipinski definition) is 1. The summed E-state index contributed by atoms with van der Waals surface area (Å²) in [6.45, 7) is 0.947. The molecule has 1 aliphatic rings. The summed E-state index contributed by atoms with van der Waals surface area (Å²) in [4.78, 5) is 12.4. The number of nitrogens with one attached hydrogen (secondary N) is 1. The molecule has 1 amide bonds. The van der Waals surface area contributed by atoms with Gasteiger partial charge in [0.15, 0.2) is 0 Å². The number of rotatable bonds is 4. The highest BCUT2D eigenvalue weighted by molar-refractivity contribution is 7.89. The van der Waals surface area contributed by atoms with Gasteiger partial charge in [0.05, 0.1) is 28.7 Å². The van der Waals surface area contributed by atoms with E-state index in [0.29, 0.717) is 6.07 Å². The standard InChI is InChI=1S/C18H16ClF3N2O4S/c19-16-5-4-13(11-15(16)18(20,21)22)23-17(25)12-2-1-3-14(10-12)29(26,27)24-6-8-28-9-7-24/h1-5,10-11H,6-9H2,(H,23,25). The summed E-state index contributed by atoms with van der Waals surface area (Å²) in [5.74, 6) is -0.750. The molecule has 1 fully saturated rings. The number of hydrogen-bond acceptors (Lipinski definition) is 4. The van der Waals surface area contributed by atoms with Crippen molar-refractivity contribution in [2.45, 2.75) is 11.1 Å². The van der Waals surface area contributed by atoms with E-state index in [1.165, 1.54) is 34.6 Å². The molecule has 0 saturated carbocycles. The average Bonchev–Trinajstić information content (AvgIpc) is 2.69. The molecule has 0 spiro atoms. The summed E-state index contributed by atoms with van der Waals surface area (Å²) in [5, 5.41) is 1.84. The summed E-state index contributed by atoms with van der Waals surface area (Å²) < 4.78 is 70.7. The Morgan fingerprint density at radius 2 is 1.79 bits per heavy atom. The number of carbonyl (C=O) groups excluding carboxylic acids is 1. The van der Waals surface area contributed by atoms with E-state index >= 15 is 0 Å². The van der Waals surface area contributed by atoms with Crippen LogP contribution in [0.4, 0.5) is 18.9 Å². The second-order valence-electron chi connectivity index (χ2n) is 6.19. The van der Waals surface area contributed by atoms with Crippen molar-refractivity contribution in [3.05, 3.63) is 58.6 Å². The van der Waals surface area contributed by atoms with Crippen LogP contribution in [0.5, 0.6) is 0 Å². The molecule has 0 bridgehead atoms. The molecule has 1 N–H and O–H groups in total. The Morgan fingerprint density at radius 3 is 2.45 bits per heavy atom. The van der Waals surface area contributed by atoms with E-state index in [9.17, 15) is 26.4 Å². The molecule has 1 aliphatic heterocycles. The first kappa shape index (κ1) is 21.6. The second kappa shape index (κ2) is 8.31. The first-order valence-corrected chi connectivity index (χ1v) is 10.3. The summed E-state index contributed by atoms with van der Waals surface area (Å²) in [6.07, 6.45) is -4.68. The number of morpholine rings is 1. The fourth-order valence-electron chi connectivity index (χ4n) is 2.76. The maximum Gasteiger partial charge on any atom is 0.417 e. The molecule has 156 valence electrons. The lowest BCUT2D eigenvalue weighted by atomic mass is 10.1. The Balaban J connectivity index is 1.83. The summed E-state index contributed by atoms with van der Waals surface area (Å²) in [6, 6.07) is 8.27. The van der Waals surface area contributed by atoms with Gasteiger partial charge in [-0.05, 0) is 36.4 Å². The lowest BCUT2D eigenvalue weighted by Crippen LogP contribution is -2.40. The monoisotopic (exact) mass is 448 g/mol. The predicted molar refractivity (Wildman–Crippen MR) is 100 cm³/mol. The third kappa shape index (κ3) is 4.89. The highest BCUT2D eigenvalue weighted by Crippen LogP contribution is 2.36. The normalized spacial score (nSPS) is 15.9. The maximum absolute atomic E-state index is 13.0. The van der Waals surface area contributed by atoms with Gasteiger partial charge in [-0.15, -0.1) is 0 Å². The van der Waals surface area contributed by atoms with Gasteiger partial charge >= 0.3 is 6.18 Å². The minimum absolute atomic E-state index is 0.0113. The molecule has 0 radical (unpaired) electrons. The van der Waals surface area contributed by atoms with Crippen molar-refractivity contribution in [3.8, 4) is 0 Å². The highest BCUT2D eigenvalue weighted by atomic mass is 35.5. The molecule has 0 aliphatic carbocycles. The first-order chi connectivity index (χ1) is 13.6. The van der Waals surface area contributed by atoms with E-state index in [1.54, 1.807) is 0 Å². The van der Waals surface area contributed by atoms with Crippen LogP contribution in [0.2, 0.25) is 5.02 Å². The van der Waals surface area contributed by atoms with Gasteiger partial charge < -0.3 is 10.1 Å². The molecule has 2 aromatic carbocycles. The van der Waals surface area contributed by atoms with Gasteiger partial charge in [-0.1, -0.05) is 17.7 Å². The lowest BCUT2D eigenvalue weighted by Gasteiger charge is -2.26. The molecule has 3 rings (SSSR count). The number of carbonyl (C=O) groups is 1. The smallest absolute Gasteiger partial charge is 0.379 e. The van der Waals surface area contributed by atoms with Crippen molar-refractivity contribution in [1.82, 2.24) is 4.31 Å². The predicted octanol–water partition coefficient (Wildman–Crippen LogP) is 3.63. The fraction of sp³-hybridized carbons (Fsp3) is 0.278. The van der Waals surface area contributed by atoms with Gasteiger partial charge in [-0.2, -0.15) is 17.5 Å². The summed E-state index contributed by atoms with van der Waals surface area (Å²) in [7, 11) is -3.82. The zero-order valence-electron chi connectivity index (χ0n) is 14.9. The zero-order chi connectivity index (χ0) is 21.2. The Kier molecular flexibility index (Phi) is 6.18. The molecule has 1 saturated heterocycles. The SMILES string of the molecule is O=C(Nc1ccc(Cl)c(C(F)(F)F)c1)c1cccc(S(=O)(=O)N2CCOCC2)c1. The number of anilines is 1. The fourth-order valence-corrected chi connectivity index (χ4v) is 4.44. The quantitative estimate of drug-likeness (QED) is 0.775. The molecule has 0 aromatic heterocycles. The van der Waals surface area contributed by atoms with E-state index in [2.05, 4.69) is 5.32 Å². The average molecular weight is 449 g/mol. The van der Waals surface area contributed by atoms with Crippen molar-refractivity contribution in [1.29, 1.82) is 0 Å². The maximum atomic E-state index is 13.0. The van der Waals surface area contributed by atoms with E-state index in [-0.39, 0.29) is 42.4 Å². The molecule has 6 nitrogen and oxygen atoms in total. The summed E-state index contributed by atoms with van der Waals surface area (Å²) >= 11 is 5.57. The Hall–Kier alpha value is -2.14. The van der Waals surface area contributed by atoms with Crippen molar-refractivity contribution in [3.63, 3.8) is 0 Å². The topological polar surface area (TPSA) is 75.7 Å². The Labute approximate surface area is 170 Å². The third-order valence-electron chi connectivity index (χ3n) is 4.23. The van der Waals surface area contributed by atoms with Crippen molar-refractivity contribution in [2.75, 3.05) is 31.6 Å². The van der Waals surface area contributed by atoms with E-state index in [1.807, 2.05) is 0 Å². The molecule has 2 aromatic rings. The summed E-state index contributed by atoms with van der Waals surface area (Å²) in [5.41, 5.74) is -1.21. The molecule has 1 heterocycles. The van der Waals surface area contributed by atoms with E-state index < -0.39 is 32.7 Å². The van der Waals surface area contributed by atoms with Crippen LogP contribution in [0, 0.1) is 0 Å². The number of amides is 1. The van der Waals surface area contributed by atoms with Gasteiger partial charge in [0, 0.05) is 24.3 Å². The van der Waals surface area contributed by atoms with Crippen LogP contribution in [-0.2, 0) is 20.9 Å². The van der Waals surface area contributed by atoms with Gasteiger partial charge in [-0.3, -0.25) is 4.79 Å². The first-order valence-electron chi connectivity index (χ1n) is 8.45. The van der Waals surface area contributed by atoms with Gasteiger partial charge in [0.2, 0.25) is 10.0 Å². The lowest BCUT2D eigenvalue weighted by molar-refractivity contribution is -0.137. The van der Waals surface area contributed by atoms with Gasteiger partial charge in [-0.25, -0.2) is 8.42 Å². The molecule has 29 heavy (non-hydrogen) atoms. The molecule has 0 atom stereocenters. The molecule has 11 heteroatoms. The highest BCUT2D eigenvalue weighted by Gasteiger charge is 2.33. The number of benzene rings is 2. The Bertz CT molecular complexity index is 1020. The second-order valence-corrected chi connectivity index (χ2v) is 8.54. The number of nitrogens with zero attached hydrogens (tertiary/aromatic N) is 1. The number of sulfonamides is 1. The Morgan fingerprint density at radius 1 is 1.10 bits per heavy atom. The largest absolute Gasteiger partial charge is 0.417 e. The minimum atomic E-state index is -4.68. The van der Waals surface area contributed by atoms with Crippen LogP contribution in [0.15, 0.2) is 47.4 Å². The van der Waals surface area contributed by atoms with Crippen molar-refractivity contribution in [2.24, 2.45) is 0 Å². The van der Waals surface area contributed by atoms with Gasteiger partial charge in [0.1, 0.15) is 0 Å². The van der Waals surface area contributed by atoms with Crippen LogP contribution in [0.1, 0.15) is 15.9 Å². The number of alkyl halides is 3. The van der Waals surface area contributed by atoms with Gasteiger partial charge in [0.25, 0.3) is 5.91 Å².